The van der Waals surface area contributed by atoms with Gasteiger partial charge in [-0.15, -0.1) is 12.4 Å². The van der Waals surface area contributed by atoms with Gasteiger partial charge in [-0.3, -0.25) is 0 Å². The van der Waals surface area contributed by atoms with Gasteiger partial charge in [0.25, 0.3) is 0 Å². The van der Waals surface area contributed by atoms with Crippen LogP contribution in [0.25, 0.3) is 0 Å². The molecule has 5 heteroatoms. The van der Waals surface area contributed by atoms with Gasteiger partial charge in [-0.1, -0.05) is 15.9 Å². The Kier molecular flexibility index (Phi) is 5.48. The standard InChI is InChI=1S/C8H10BrFN2.ClH/c9-7-2-1-5(10)3-6(7)8(12)4-11;/h1-3,8H,4,11-12H2;1H/t8-;/m1./s1. The Bertz CT molecular complexity index is 283. The largest absolute Gasteiger partial charge is 0.329 e. The van der Waals surface area contributed by atoms with Crippen LogP contribution >= 0.6 is 28.3 Å². The summed E-state index contributed by atoms with van der Waals surface area (Å²) in [5.74, 6) is -0.294. The molecule has 1 aromatic carbocycles. The van der Waals surface area contributed by atoms with Gasteiger partial charge in [0.05, 0.1) is 0 Å². The summed E-state index contributed by atoms with van der Waals surface area (Å²) in [6.45, 7) is 0.308. The molecule has 0 aliphatic carbocycles. The number of benzene rings is 1. The Labute approximate surface area is 91.0 Å². The molecule has 0 aromatic heterocycles. The topological polar surface area (TPSA) is 52.0 Å². The fourth-order valence-corrected chi connectivity index (χ4v) is 1.47. The van der Waals surface area contributed by atoms with Crippen LogP contribution < -0.4 is 11.5 Å². The van der Waals surface area contributed by atoms with Crippen LogP contribution in [0.3, 0.4) is 0 Å². The van der Waals surface area contributed by atoms with Gasteiger partial charge in [0.1, 0.15) is 5.82 Å². The van der Waals surface area contributed by atoms with Crippen LogP contribution in [-0.4, -0.2) is 6.54 Å². The van der Waals surface area contributed by atoms with E-state index in [9.17, 15) is 4.39 Å². The van der Waals surface area contributed by atoms with Crippen molar-refractivity contribution in [2.45, 2.75) is 6.04 Å². The molecular formula is C8H11BrClFN2. The molecule has 4 N–H and O–H groups in total. The van der Waals surface area contributed by atoms with Gasteiger partial charge in [0.2, 0.25) is 0 Å². The van der Waals surface area contributed by atoms with Crippen LogP contribution in [0.2, 0.25) is 0 Å². The summed E-state index contributed by atoms with van der Waals surface area (Å²) in [5.41, 5.74) is 11.7. The zero-order chi connectivity index (χ0) is 9.14. The second-order valence-electron chi connectivity index (χ2n) is 2.51. The third kappa shape index (κ3) is 3.23. The fourth-order valence-electron chi connectivity index (χ4n) is 0.926. The van der Waals surface area contributed by atoms with Gasteiger partial charge in [0.15, 0.2) is 0 Å². The summed E-state index contributed by atoms with van der Waals surface area (Å²) in [7, 11) is 0. The summed E-state index contributed by atoms with van der Waals surface area (Å²) >= 11 is 3.27. The molecule has 2 nitrogen and oxygen atoms in total. The molecule has 0 aliphatic rings. The van der Waals surface area contributed by atoms with E-state index < -0.39 is 0 Å². The maximum Gasteiger partial charge on any atom is 0.123 e. The molecule has 0 fully saturated rings. The van der Waals surface area contributed by atoms with Crippen LogP contribution in [0.1, 0.15) is 11.6 Å². The summed E-state index contributed by atoms with van der Waals surface area (Å²) in [4.78, 5) is 0. The molecule has 0 aliphatic heterocycles. The van der Waals surface area contributed by atoms with Crippen molar-refractivity contribution in [3.63, 3.8) is 0 Å². The highest BCUT2D eigenvalue weighted by Gasteiger charge is 2.08. The van der Waals surface area contributed by atoms with E-state index in [1.165, 1.54) is 12.1 Å². The average molecular weight is 270 g/mol. The lowest BCUT2D eigenvalue weighted by Gasteiger charge is -2.10. The van der Waals surface area contributed by atoms with Gasteiger partial charge in [-0.2, -0.15) is 0 Å². The predicted molar refractivity (Wildman–Crippen MR) is 57.3 cm³/mol. The maximum atomic E-state index is 12.7. The summed E-state index contributed by atoms with van der Waals surface area (Å²) in [6.07, 6.45) is 0. The molecule has 0 bridgehead atoms. The number of rotatable bonds is 2. The first-order valence-electron chi connectivity index (χ1n) is 3.55. The van der Waals surface area contributed by atoms with E-state index in [1.807, 2.05) is 0 Å². The van der Waals surface area contributed by atoms with Gasteiger partial charge in [-0.05, 0) is 23.8 Å². The second-order valence-corrected chi connectivity index (χ2v) is 3.36. The summed E-state index contributed by atoms with van der Waals surface area (Å²) in [5, 5.41) is 0. The molecule has 0 unspecified atom stereocenters. The Hall–Kier alpha value is -0.160. The van der Waals surface area contributed by atoms with Crippen molar-refractivity contribution >= 4 is 28.3 Å². The molecule has 1 rings (SSSR count). The first kappa shape index (κ1) is 12.8. The van der Waals surface area contributed by atoms with E-state index in [0.717, 1.165) is 4.47 Å². The zero-order valence-electron chi connectivity index (χ0n) is 6.84. The number of hydrogen-bond donors (Lipinski definition) is 2. The first-order valence-corrected chi connectivity index (χ1v) is 4.35. The Morgan fingerprint density at radius 1 is 1.46 bits per heavy atom. The molecule has 0 saturated carbocycles. The predicted octanol–water partition coefficient (Wildman–Crippen LogP) is 1.97. The molecular weight excluding hydrogens is 258 g/mol. The van der Waals surface area contributed by atoms with Crippen LogP contribution in [0.5, 0.6) is 0 Å². The van der Waals surface area contributed by atoms with Crippen molar-refractivity contribution in [1.82, 2.24) is 0 Å². The minimum absolute atomic E-state index is 0. The van der Waals surface area contributed by atoms with E-state index >= 15 is 0 Å². The SMILES string of the molecule is Cl.NC[C@@H](N)c1cc(F)ccc1Br. The highest BCUT2D eigenvalue weighted by atomic mass is 79.9. The minimum atomic E-state index is -0.310. The average Bonchev–Trinajstić information content (AvgIpc) is 2.08. The highest BCUT2D eigenvalue weighted by Crippen LogP contribution is 2.22. The number of halogens is 3. The molecule has 0 radical (unpaired) electrons. The van der Waals surface area contributed by atoms with Crippen LogP contribution in [0.15, 0.2) is 22.7 Å². The summed E-state index contributed by atoms with van der Waals surface area (Å²) in [6, 6.07) is 4.08. The van der Waals surface area contributed by atoms with Gasteiger partial charge in [-0.25, -0.2) is 4.39 Å². The molecule has 0 saturated heterocycles. The molecule has 13 heavy (non-hydrogen) atoms. The molecule has 0 amide bonds. The van der Waals surface area contributed by atoms with E-state index in [4.69, 9.17) is 11.5 Å². The fraction of sp³-hybridized carbons (Fsp3) is 0.250. The highest BCUT2D eigenvalue weighted by molar-refractivity contribution is 9.10. The van der Waals surface area contributed by atoms with Crippen molar-refractivity contribution in [3.05, 3.63) is 34.1 Å². The summed E-state index contributed by atoms with van der Waals surface area (Å²) < 4.78 is 13.5. The van der Waals surface area contributed by atoms with Gasteiger partial charge in [0, 0.05) is 17.1 Å². The van der Waals surface area contributed by atoms with E-state index in [1.54, 1.807) is 6.07 Å². The maximum absolute atomic E-state index is 12.7. The minimum Gasteiger partial charge on any atom is -0.329 e. The first-order chi connectivity index (χ1) is 5.65. The molecule has 1 aromatic rings. The van der Waals surface area contributed by atoms with Gasteiger partial charge >= 0.3 is 0 Å². The monoisotopic (exact) mass is 268 g/mol. The lowest BCUT2D eigenvalue weighted by atomic mass is 10.1. The molecule has 1 atom stereocenters. The van der Waals surface area contributed by atoms with Crippen molar-refractivity contribution < 1.29 is 4.39 Å². The Morgan fingerprint density at radius 2 is 2.08 bits per heavy atom. The lowest BCUT2D eigenvalue weighted by Crippen LogP contribution is -2.21. The normalized spacial score (nSPS) is 12.0. The van der Waals surface area contributed by atoms with Gasteiger partial charge < -0.3 is 11.5 Å². The number of nitrogens with two attached hydrogens (primary N) is 2. The van der Waals surface area contributed by atoms with Crippen molar-refractivity contribution in [1.29, 1.82) is 0 Å². The van der Waals surface area contributed by atoms with Crippen LogP contribution in [-0.2, 0) is 0 Å². The number of hydrogen-bond acceptors (Lipinski definition) is 2. The molecule has 0 heterocycles. The third-order valence-electron chi connectivity index (χ3n) is 1.61. The molecule has 0 spiro atoms. The smallest absolute Gasteiger partial charge is 0.123 e. The van der Waals surface area contributed by atoms with Crippen molar-refractivity contribution in [2.75, 3.05) is 6.54 Å². The van der Waals surface area contributed by atoms with Crippen molar-refractivity contribution in [2.24, 2.45) is 11.5 Å². The van der Waals surface area contributed by atoms with Crippen LogP contribution in [0.4, 0.5) is 4.39 Å². The Morgan fingerprint density at radius 3 is 2.62 bits per heavy atom. The second kappa shape index (κ2) is 5.54. The quantitative estimate of drug-likeness (QED) is 0.862. The Balaban J connectivity index is 0.00000144. The van der Waals surface area contributed by atoms with E-state index in [0.29, 0.717) is 12.1 Å². The van der Waals surface area contributed by atoms with Crippen molar-refractivity contribution in [3.8, 4) is 0 Å². The van der Waals surface area contributed by atoms with Crippen LogP contribution in [0, 0.1) is 5.82 Å². The lowest BCUT2D eigenvalue weighted by molar-refractivity contribution is 0.619. The molecule has 74 valence electrons. The third-order valence-corrected chi connectivity index (χ3v) is 2.33. The van der Waals surface area contributed by atoms with E-state index in [-0.39, 0.29) is 24.3 Å². The zero-order valence-corrected chi connectivity index (χ0v) is 9.24. The van der Waals surface area contributed by atoms with E-state index in [2.05, 4.69) is 15.9 Å².